The van der Waals surface area contributed by atoms with Gasteiger partial charge in [-0.25, -0.2) is 0 Å². The lowest BCUT2D eigenvalue weighted by Crippen LogP contribution is -2.34. The number of rotatable bonds is 8. The van der Waals surface area contributed by atoms with Crippen LogP contribution < -0.4 is 5.32 Å². The van der Waals surface area contributed by atoms with Gasteiger partial charge in [0.2, 0.25) is 0 Å². The van der Waals surface area contributed by atoms with Crippen LogP contribution >= 0.6 is 0 Å². The van der Waals surface area contributed by atoms with Crippen LogP contribution in [0.25, 0.3) is 0 Å². The van der Waals surface area contributed by atoms with Crippen LogP contribution in [-0.4, -0.2) is 23.8 Å². The molecule has 0 radical (unpaired) electrons. The quantitative estimate of drug-likeness (QED) is 0.714. The lowest BCUT2D eigenvalue weighted by Gasteiger charge is -2.19. The predicted octanol–water partition coefficient (Wildman–Crippen LogP) is 2.35. The molecular weight excluding hydrogens is 202 g/mol. The molecule has 2 N–H and O–H groups in total. The number of nitrogens with one attached hydrogen (secondary N) is 1. The van der Waals surface area contributed by atoms with Crippen molar-refractivity contribution in [2.75, 3.05) is 6.61 Å². The van der Waals surface area contributed by atoms with Crippen molar-refractivity contribution in [1.29, 1.82) is 0 Å². The van der Waals surface area contributed by atoms with Gasteiger partial charge in [-0.15, -0.1) is 0 Å². The van der Waals surface area contributed by atoms with E-state index in [0.29, 0.717) is 12.1 Å². The molecule has 0 aliphatic rings. The second-order valence-corrected chi connectivity index (χ2v) is 4.45. The SMILES string of the molecule is CC(CCCO)NC(C)CCc1ccco1. The first kappa shape index (κ1) is 13.3. The van der Waals surface area contributed by atoms with E-state index in [1.54, 1.807) is 6.26 Å². The molecule has 0 saturated heterocycles. The summed E-state index contributed by atoms with van der Waals surface area (Å²) in [6, 6.07) is 4.90. The highest BCUT2D eigenvalue weighted by atomic mass is 16.3. The molecule has 3 heteroatoms. The zero-order valence-corrected chi connectivity index (χ0v) is 10.3. The molecule has 1 rings (SSSR count). The van der Waals surface area contributed by atoms with E-state index in [-0.39, 0.29) is 6.61 Å². The molecular formula is C13H23NO2. The Labute approximate surface area is 97.9 Å². The van der Waals surface area contributed by atoms with E-state index in [1.165, 1.54) is 0 Å². The standard InChI is InChI=1S/C13H23NO2/c1-11(5-3-9-15)14-12(2)7-8-13-6-4-10-16-13/h4,6,10-12,14-15H,3,5,7-9H2,1-2H3. The van der Waals surface area contributed by atoms with Gasteiger partial charge in [0.15, 0.2) is 0 Å². The Balaban J connectivity index is 2.12. The van der Waals surface area contributed by atoms with E-state index in [0.717, 1.165) is 31.4 Å². The molecule has 1 heterocycles. The molecule has 3 nitrogen and oxygen atoms in total. The van der Waals surface area contributed by atoms with Crippen LogP contribution in [0.15, 0.2) is 22.8 Å². The molecule has 0 fully saturated rings. The molecule has 16 heavy (non-hydrogen) atoms. The number of hydrogen-bond acceptors (Lipinski definition) is 3. The third-order valence-corrected chi connectivity index (χ3v) is 2.77. The molecule has 1 aromatic heterocycles. The topological polar surface area (TPSA) is 45.4 Å². The van der Waals surface area contributed by atoms with Gasteiger partial charge in [-0.1, -0.05) is 0 Å². The molecule has 0 amide bonds. The Bertz CT molecular complexity index is 259. The smallest absolute Gasteiger partial charge is 0.103 e. The number of aliphatic hydroxyl groups excluding tert-OH is 1. The van der Waals surface area contributed by atoms with E-state index in [2.05, 4.69) is 19.2 Å². The molecule has 2 unspecified atom stereocenters. The normalized spacial score (nSPS) is 14.9. The van der Waals surface area contributed by atoms with E-state index in [4.69, 9.17) is 9.52 Å². The lowest BCUT2D eigenvalue weighted by atomic mass is 10.1. The molecule has 0 aliphatic carbocycles. The monoisotopic (exact) mass is 225 g/mol. The number of aliphatic hydroxyl groups is 1. The van der Waals surface area contributed by atoms with Crippen LogP contribution in [0.5, 0.6) is 0 Å². The summed E-state index contributed by atoms with van der Waals surface area (Å²) in [4.78, 5) is 0. The maximum atomic E-state index is 8.74. The van der Waals surface area contributed by atoms with Gasteiger partial charge < -0.3 is 14.8 Å². The Kier molecular flexibility index (Phi) is 6.19. The Morgan fingerprint density at radius 3 is 2.69 bits per heavy atom. The second kappa shape index (κ2) is 7.47. The van der Waals surface area contributed by atoms with E-state index >= 15 is 0 Å². The molecule has 0 aliphatic heterocycles. The maximum Gasteiger partial charge on any atom is 0.103 e. The average Bonchev–Trinajstić information content (AvgIpc) is 2.76. The first-order valence-electron chi connectivity index (χ1n) is 6.11. The third kappa shape index (κ3) is 5.33. The zero-order chi connectivity index (χ0) is 11.8. The lowest BCUT2D eigenvalue weighted by molar-refractivity contribution is 0.273. The summed E-state index contributed by atoms with van der Waals surface area (Å²) in [5.74, 6) is 1.05. The Morgan fingerprint density at radius 1 is 1.31 bits per heavy atom. The van der Waals surface area contributed by atoms with Gasteiger partial charge in [-0.2, -0.15) is 0 Å². The molecule has 0 bridgehead atoms. The molecule has 2 atom stereocenters. The summed E-state index contributed by atoms with van der Waals surface area (Å²) in [5.41, 5.74) is 0. The van der Waals surface area contributed by atoms with Crippen molar-refractivity contribution in [2.24, 2.45) is 0 Å². The van der Waals surface area contributed by atoms with Crippen molar-refractivity contribution < 1.29 is 9.52 Å². The van der Waals surface area contributed by atoms with Crippen LogP contribution in [0.4, 0.5) is 0 Å². The van der Waals surface area contributed by atoms with Crippen LogP contribution in [0.3, 0.4) is 0 Å². The minimum atomic E-state index is 0.285. The van der Waals surface area contributed by atoms with Crippen LogP contribution in [0.1, 0.15) is 38.9 Å². The fourth-order valence-electron chi connectivity index (χ4n) is 1.86. The predicted molar refractivity (Wildman–Crippen MR) is 65.4 cm³/mol. The van der Waals surface area contributed by atoms with Crippen molar-refractivity contribution in [1.82, 2.24) is 5.32 Å². The van der Waals surface area contributed by atoms with Gasteiger partial charge in [0.1, 0.15) is 5.76 Å². The van der Waals surface area contributed by atoms with Crippen LogP contribution in [-0.2, 0) is 6.42 Å². The van der Waals surface area contributed by atoms with Gasteiger partial charge in [-0.05, 0) is 45.2 Å². The van der Waals surface area contributed by atoms with Gasteiger partial charge >= 0.3 is 0 Å². The highest BCUT2D eigenvalue weighted by Gasteiger charge is 2.07. The first-order chi connectivity index (χ1) is 7.72. The van der Waals surface area contributed by atoms with Crippen molar-refractivity contribution in [3.05, 3.63) is 24.2 Å². The summed E-state index contributed by atoms with van der Waals surface area (Å²) in [6.07, 6.45) is 5.68. The molecule has 0 spiro atoms. The number of aryl methyl sites for hydroxylation is 1. The van der Waals surface area contributed by atoms with E-state index in [1.807, 2.05) is 12.1 Å². The van der Waals surface area contributed by atoms with Crippen LogP contribution in [0.2, 0.25) is 0 Å². The Hall–Kier alpha value is -0.800. The average molecular weight is 225 g/mol. The van der Waals surface area contributed by atoms with Crippen LogP contribution in [0, 0.1) is 0 Å². The summed E-state index contributed by atoms with van der Waals surface area (Å²) in [5, 5.41) is 12.3. The van der Waals surface area contributed by atoms with Gasteiger partial charge in [0.05, 0.1) is 6.26 Å². The molecule has 1 aromatic rings. The molecule has 92 valence electrons. The van der Waals surface area contributed by atoms with Gasteiger partial charge in [0.25, 0.3) is 0 Å². The summed E-state index contributed by atoms with van der Waals surface area (Å²) < 4.78 is 5.29. The zero-order valence-electron chi connectivity index (χ0n) is 10.3. The van der Waals surface area contributed by atoms with Crippen molar-refractivity contribution in [3.63, 3.8) is 0 Å². The fourth-order valence-corrected chi connectivity index (χ4v) is 1.86. The highest BCUT2D eigenvalue weighted by molar-refractivity contribution is 4.98. The minimum Gasteiger partial charge on any atom is -0.469 e. The summed E-state index contributed by atoms with van der Waals surface area (Å²) in [7, 11) is 0. The third-order valence-electron chi connectivity index (χ3n) is 2.77. The minimum absolute atomic E-state index is 0.285. The first-order valence-corrected chi connectivity index (χ1v) is 6.11. The second-order valence-electron chi connectivity index (χ2n) is 4.45. The summed E-state index contributed by atoms with van der Waals surface area (Å²) in [6.45, 7) is 4.64. The van der Waals surface area contributed by atoms with E-state index < -0.39 is 0 Å². The van der Waals surface area contributed by atoms with E-state index in [9.17, 15) is 0 Å². The molecule has 0 aromatic carbocycles. The Morgan fingerprint density at radius 2 is 2.06 bits per heavy atom. The van der Waals surface area contributed by atoms with Gasteiger partial charge in [-0.3, -0.25) is 0 Å². The van der Waals surface area contributed by atoms with Crippen molar-refractivity contribution in [2.45, 2.75) is 51.6 Å². The summed E-state index contributed by atoms with van der Waals surface area (Å²) >= 11 is 0. The number of furan rings is 1. The highest BCUT2D eigenvalue weighted by Crippen LogP contribution is 2.07. The largest absolute Gasteiger partial charge is 0.469 e. The molecule has 0 saturated carbocycles. The fraction of sp³-hybridized carbons (Fsp3) is 0.692. The number of hydrogen-bond donors (Lipinski definition) is 2. The van der Waals surface area contributed by atoms with Gasteiger partial charge in [0, 0.05) is 25.1 Å². The van der Waals surface area contributed by atoms with Crippen molar-refractivity contribution >= 4 is 0 Å². The maximum absolute atomic E-state index is 8.74. The van der Waals surface area contributed by atoms with Crippen molar-refractivity contribution in [3.8, 4) is 0 Å².